The van der Waals surface area contributed by atoms with Gasteiger partial charge in [-0.25, -0.2) is 4.98 Å². The van der Waals surface area contributed by atoms with Gasteiger partial charge in [-0.3, -0.25) is 9.59 Å². The highest BCUT2D eigenvalue weighted by molar-refractivity contribution is 7.21. The van der Waals surface area contributed by atoms with Crippen molar-refractivity contribution in [3.05, 3.63) is 129 Å². The van der Waals surface area contributed by atoms with E-state index < -0.39 is 0 Å². The van der Waals surface area contributed by atoms with Crippen LogP contribution in [0.3, 0.4) is 0 Å². The number of aromatic nitrogens is 1. The third-order valence-corrected chi connectivity index (χ3v) is 8.61. The number of ketones is 1. The van der Waals surface area contributed by atoms with Crippen LogP contribution in [-0.2, 0) is 0 Å². The molecule has 5 nitrogen and oxygen atoms in total. The van der Waals surface area contributed by atoms with Crippen molar-refractivity contribution in [2.75, 3.05) is 11.1 Å². The van der Waals surface area contributed by atoms with E-state index in [9.17, 15) is 9.59 Å². The van der Waals surface area contributed by atoms with Gasteiger partial charge in [-0.05, 0) is 72.0 Å². The normalized spacial score (nSPS) is 11.2. The van der Waals surface area contributed by atoms with Gasteiger partial charge in [0.15, 0.2) is 5.78 Å². The molecule has 3 heterocycles. The number of pyridine rings is 1. The van der Waals surface area contributed by atoms with Crippen molar-refractivity contribution in [3.8, 4) is 22.4 Å². The van der Waals surface area contributed by atoms with E-state index in [1.165, 1.54) is 11.3 Å². The van der Waals surface area contributed by atoms with Crippen LogP contribution in [0.4, 0.5) is 11.4 Å². The number of allylic oxidation sites excluding steroid dienone is 1. The molecule has 1 amide bonds. The third-order valence-electron chi connectivity index (χ3n) is 6.67. The summed E-state index contributed by atoms with van der Waals surface area (Å²) in [5.41, 5.74) is 13.0. The van der Waals surface area contributed by atoms with Gasteiger partial charge in [-0.15, -0.1) is 22.7 Å². The molecule has 0 spiro atoms. The summed E-state index contributed by atoms with van der Waals surface area (Å²) in [6.45, 7) is 2.05. The van der Waals surface area contributed by atoms with Crippen LogP contribution in [0.2, 0.25) is 0 Å². The Hall–Kier alpha value is -4.85. The highest BCUT2D eigenvalue weighted by Crippen LogP contribution is 2.41. The average Bonchev–Trinajstić information content (AvgIpc) is 3.64. The van der Waals surface area contributed by atoms with Gasteiger partial charge >= 0.3 is 0 Å². The summed E-state index contributed by atoms with van der Waals surface area (Å²) >= 11 is 2.85. The van der Waals surface area contributed by atoms with E-state index in [-0.39, 0.29) is 11.7 Å². The smallest absolute Gasteiger partial charge is 0.267 e. The van der Waals surface area contributed by atoms with Gasteiger partial charge in [-0.1, -0.05) is 66.2 Å². The molecule has 200 valence electrons. The lowest BCUT2D eigenvalue weighted by atomic mass is 9.98. The summed E-state index contributed by atoms with van der Waals surface area (Å²) in [5.74, 6) is -0.423. The molecular formula is C34H25N3O2S2. The number of nitrogen functional groups attached to an aromatic ring is 1. The van der Waals surface area contributed by atoms with Crippen molar-refractivity contribution in [2.24, 2.45) is 0 Å². The zero-order chi connectivity index (χ0) is 28.3. The predicted molar refractivity (Wildman–Crippen MR) is 172 cm³/mol. The molecule has 41 heavy (non-hydrogen) atoms. The van der Waals surface area contributed by atoms with Crippen molar-refractivity contribution in [2.45, 2.75) is 6.92 Å². The maximum atomic E-state index is 13.4. The van der Waals surface area contributed by atoms with Crippen molar-refractivity contribution >= 4 is 62.0 Å². The number of hydrogen-bond donors (Lipinski definition) is 2. The summed E-state index contributed by atoms with van der Waals surface area (Å²) in [7, 11) is 0. The first-order chi connectivity index (χ1) is 20.0. The fraction of sp³-hybridized carbons (Fsp3) is 0.0294. The topological polar surface area (TPSA) is 85.1 Å². The summed E-state index contributed by atoms with van der Waals surface area (Å²) in [5, 5.41) is 5.66. The van der Waals surface area contributed by atoms with Gasteiger partial charge in [0.1, 0.15) is 9.71 Å². The van der Waals surface area contributed by atoms with Crippen LogP contribution in [0.1, 0.15) is 30.5 Å². The Labute approximate surface area is 245 Å². The fourth-order valence-corrected chi connectivity index (χ4v) is 6.27. The zero-order valence-corrected chi connectivity index (χ0v) is 23.8. The minimum absolute atomic E-state index is 0.103. The first-order valence-corrected chi connectivity index (χ1v) is 14.7. The first-order valence-electron chi connectivity index (χ1n) is 13.0. The lowest BCUT2D eigenvalue weighted by Crippen LogP contribution is -2.12. The molecule has 0 saturated carbocycles. The SMILES string of the molecule is Cc1cccc(-c2cc(-c3ccccc3)nc3sc(C(=O)Nc4ccc(C(=O)C=Cc5cccs5)cc4)c(N)c23)c1. The maximum Gasteiger partial charge on any atom is 0.267 e. The quantitative estimate of drug-likeness (QED) is 0.148. The van der Waals surface area contributed by atoms with Crippen molar-refractivity contribution in [3.63, 3.8) is 0 Å². The largest absolute Gasteiger partial charge is 0.397 e. The molecule has 6 aromatic rings. The van der Waals surface area contributed by atoms with Crippen LogP contribution in [0.15, 0.2) is 109 Å². The molecular weight excluding hydrogens is 547 g/mol. The summed E-state index contributed by atoms with van der Waals surface area (Å²) in [4.78, 5) is 33.0. The minimum atomic E-state index is -0.321. The zero-order valence-electron chi connectivity index (χ0n) is 22.1. The highest BCUT2D eigenvalue weighted by atomic mass is 32.1. The monoisotopic (exact) mass is 571 g/mol. The molecule has 0 fully saturated rings. The number of fused-ring (bicyclic) bond motifs is 1. The predicted octanol–water partition coefficient (Wildman–Crippen LogP) is 8.73. The number of rotatable bonds is 7. The van der Waals surface area contributed by atoms with E-state index >= 15 is 0 Å². The van der Waals surface area contributed by atoms with Gasteiger partial charge in [0, 0.05) is 27.1 Å². The van der Waals surface area contributed by atoms with Crippen molar-refractivity contribution in [1.29, 1.82) is 0 Å². The summed E-state index contributed by atoms with van der Waals surface area (Å²) in [6.07, 6.45) is 3.36. The summed E-state index contributed by atoms with van der Waals surface area (Å²) in [6, 6.07) is 31.0. The lowest BCUT2D eigenvalue weighted by Gasteiger charge is -2.10. The molecule has 0 radical (unpaired) electrons. The number of carbonyl (C=O) groups is 2. The van der Waals surface area contributed by atoms with E-state index in [0.717, 1.165) is 38.2 Å². The van der Waals surface area contributed by atoms with Gasteiger partial charge in [-0.2, -0.15) is 0 Å². The second-order valence-electron chi connectivity index (χ2n) is 9.56. The van der Waals surface area contributed by atoms with Crippen LogP contribution < -0.4 is 11.1 Å². The molecule has 0 aliphatic heterocycles. The molecule has 0 bridgehead atoms. The van der Waals surface area contributed by atoms with Crippen LogP contribution in [0, 0.1) is 6.92 Å². The minimum Gasteiger partial charge on any atom is -0.397 e. The number of benzene rings is 3. The Bertz CT molecular complexity index is 1910. The Morgan fingerprint density at radius 2 is 1.66 bits per heavy atom. The Balaban J connectivity index is 1.32. The molecule has 6 rings (SSSR count). The Morgan fingerprint density at radius 3 is 2.39 bits per heavy atom. The summed E-state index contributed by atoms with van der Waals surface area (Å²) < 4.78 is 0. The van der Waals surface area contributed by atoms with E-state index in [1.54, 1.807) is 47.8 Å². The Kier molecular flexibility index (Phi) is 7.29. The van der Waals surface area contributed by atoms with Gasteiger partial charge in [0.25, 0.3) is 5.91 Å². The van der Waals surface area contributed by atoms with Gasteiger partial charge < -0.3 is 11.1 Å². The van der Waals surface area contributed by atoms with Crippen LogP contribution >= 0.6 is 22.7 Å². The number of thiophene rings is 2. The lowest BCUT2D eigenvalue weighted by molar-refractivity contribution is 0.102. The number of hydrogen-bond acceptors (Lipinski definition) is 6. The first kappa shape index (κ1) is 26.4. The molecule has 3 N–H and O–H groups in total. The van der Waals surface area contributed by atoms with Crippen molar-refractivity contribution < 1.29 is 9.59 Å². The average molecular weight is 572 g/mol. The van der Waals surface area contributed by atoms with Crippen LogP contribution in [0.25, 0.3) is 38.7 Å². The molecule has 7 heteroatoms. The number of aryl methyl sites for hydroxylation is 1. The molecule has 0 aliphatic carbocycles. The van der Waals surface area contributed by atoms with E-state index in [1.807, 2.05) is 66.0 Å². The van der Waals surface area contributed by atoms with Gasteiger partial charge in [0.05, 0.1) is 11.4 Å². The molecule has 0 atom stereocenters. The number of amides is 1. The standard InChI is InChI=1S/C34H25N3O2S2/c1-21-7-5-10-24(19-21)27-20-28(22-8-3-2-4-9-22)37-34-30(27)31(35)32(41-34)33(39)36-25-14-12-23(13-15-25)29(38)17-16-26-11-6-18-40-26/h2-20H,35H2,1H3,(H,36,39). The van der Waals surface area contributed by atoms with E-state index in [2.05, 4.69) is 24.4 Å². The third kappa shape index (κ3) is 5.59. The highest BCUT2D eigenvalue weighted by Gasteiger charge is 2.22. The molecule has 0 saturated heterocycles. The second-order valence-corrected chi connectivity index (χ2v) is 11.5. The number of nitrogens with zero attached hydrogens (tertiary/aromatic N) is 1. The fourth-order valence-electron chi connectivity index (χ4n) is 4.63. The number of carbonyl (C=O) groups excluding carboxylic acids is 2. The molecule has 0 aliphatic rings. The van der Waals surface area contributed by atoms with E-state index in [0.29, 0.717) is 26.6 Å². The number of anilines is 2. The van der Waals surface area contributed by atoms with E-state index in [4.69, 9.17) is 10.7 Å². The van der Waals surface area contributed by atoms with Crippen molar-refractivity contribution in [1.82, 2.24) is 4.98 Å². The van der Waals surface area contributed by atoms with Gasteiger partial charge in [0.2, 0.25) is 0 Å². The molecule has 0 unspecified atom stereocenters. The van der Waals surface area contributed by atoms with Crippen LogP contribution in [0.5, 0.6) is 0 Å². The second kappa shape index (κ2) is 11.3. The Morgan fingerprint density at radius 1 is 0.878 bits per heavy atom. The molecule has 3 aromatic carbocycles. The maximum absolute atomic E-state index is 13.4. The number of nitrogens with two attached hydrogens (primary N) is 1. The number of nitrogens with one attached hydrogen (secondary N) is 1. The van der Waals surface area contributed by atoms with Crippen LogP contribution in [-0.4, -0.2) is 16.7 Å². The molecule has 3 aromatic heterocycles.